The van der Waals surface area contributed by atoms with E-state index in [0.717, 1.165) is 0 Å². The number of hydrogen-bond acceptors (Lipinski definition) is 6. The van der Waals surface area contributed by atoms with Gasteiger partial charge in [-0.3, -0.25) is 19.4 Å². The fourth-order valence-corrected chi connectivity index (χ4v) is 3.41. The molecule has 1 aromatic heterocycles. The largest absolute Gasteiger partial charge is 0.497 e. The SMILES string of the molecule is COc1ccc(Nc2nc3c(c(=O)[nH]2)[C@H](C(=O)Nc2ccc(C)cc2F)CC(=O)N3)cc1. The number of ether oxygens (including phenoxy) is 1. The van der Waals surface area contributed by atoms with Crippen molar-refractivity contribution in [1.29, 1.82) is 0 Å². The van der Waals surface area contributed by atoms with Crippen LogP contribution in [0.4, 0.5) is 27.5 Å². The van der Waals surface area contributed by atoms with Crippen LogP contribution in [0.15, 0.2) is 47.3 Å². The normalized spacial score (nSPS) is 14.8. The van der Waals surface area contributed by atoms with Crippen molar-refractivity contribution in [2.24, 2.45) is 0 Å². The van der Waals surface area contributed by atoms with Gasteiger partial charge in [-0.2, -0.15) is 4.98 Å². The predicted molar refractivity (Wildman–Crippen MR) is 117 cm³/mol. The van der Waals surface area contributed by atoms with Crippen LogP contribution in [0.2, 0.25) is 0 Å². The summed E-state index contributed by atoms with van der Waals surface area (Å²) in [5.74, 6) is -2.15. The molecular formula is C22H20FN5O4. The number of aryl methyl sites for hydroxylation is 1. The molecule has 32 heavy (non-hydrogen) atoms. The van der Waals surface area contributed by atoms with Crippen LogP contribution >= 0.6 is 0 Å². The maximum Gasteiger partial charge on any atom is 0.258 e. The minimum atomic E-state index is -1.12. The molecule has 0 aliphatic carbocycles. The van der Waals surface area contributed by atoms with Crippen LogP contribution in [-0.2, 0) is 9.59 Å². The number of carbonyl (C=O) groups excluding carboxylic acids is 2. The van der Waals surface area contributed by atoms with Gasteiger partial charge in [0.05, 0.1) is 24.3 Å². The maximum absolute atomic E-state index is 14.1. The van der Waals surface area contributed by atoms with Gasteiger partial charge in [-0.1, -0.05) is 6.07 Å². The molecule has 0 saturated heterocycles. The summed E-state index contributed by atoms with van der Waals surface area (Å²) in [6, 6.07) is 11.3. The zero-order chi connectivity index (χ0) is 22.8. The van der Waals surface area contributed by atoms with Crippen molar-refractivity contribution in [3.63, 3.8) is 0 Å². The van der Waals surface area contributed by atoms with Crippen molar-refractivity contribution in [2.45, 2.75) is 19.3 Å². The third-order valence-electron chi connectivity index (χ3n) is 5.00. The van der Waals surface area contributed by atoms with Crippen molar-refractivity contribution >= 4 is 35.0 Å². The number of aromatic amines is 1. The lowest BCUT2D eigenvalue weighted by Gasteiger charge is -2.23. The lowest BCUT2D eigenvalue weighted by molar-refractivity contribution is -0.123. The van der Waals surface area contributed by atoms with Crippen LogP contribution in [0.5, 0.6) is 5.75 Å². The Morgan fingerprint density at radius 3 is 2.62 bits per heavy atom. The van der Waals surface area contributed by atoms with Gasteiger partial charge in [-0.15, -0.1) is 0 Å². The van der Waals surface area contributed by atoms with Gasteiger partial charge in [0, 0.05) is 12.1 Å². The van der Waals surface area contributed by atoms with E-state index in [4.69, 9.17) is 4.74 Å². The van der Waals surface area contributed by atoms with Crippen molar-refractivity contribution in [1.82, 2.24) is 9.97 Å². The summed E-state index contributed by atoms with van der Waals surface area (Å²) in [4.78, 5) is 44.7. The number of anilines is 4. The second-order valence-corrected chi connectivity index (χ2v) is 7.31. The standard InChI is InChI=1S/C22H20FN5O4/c1-11-3-8-16(15(23)9-11)25-20(30)14-10-17(29)26-19-18(14)21(31)28-22(27-19)24-12-4-6-13(32-2)7-5-12/h3-9,14H,10H2,1-2H3,(H,25,30)(H3,24,26,27,28,29,31)/t14-/m1/s1. The number of hydrogen-bond donors (Lipinski definition) is 4. The molecule has 0 unspecified atom stereocenters. The maximum atomic E-state index is 14.1. The number of nitrogens with one attached hydrogen (secondary N) is 4. The molecule has 1 aliphatic heterocycles. The van der Waals surface area contributed by atoms with Gasteiger partial charge in [0.2, 0.25) is 17.8 Å². The Morgan fingerprint density at radius 1 is 1.19 bits per heavy atom. The summed E-state index contributed by atoms with van der Waals surface area (Å²) in [5.41, 5.74) is 0.710. The second kappa shape index (κ2) is 8.50. The Balaban J connectivity index is 1.62. The van der Waals surface area contributed by atoms with Crippen molar-refractivity contribution in [3.05, 3.63) is 69.8 Å². The van der Waals surface area contributed by atoms with E-state index in [0.29, 0.717) is 17.0 Å². The topological polar surface area (TPSA) is 125 Å². The number of nitrogens with zero attached hydrogens (tertiary/aromatic N) is 1. The van der Waals surface area contributed by atoms with Crippen LogP contribution in [-0.4, -0.2) is 28.9 Å². The van der Waals surface area contributed by atoms with E-state index in [1.54, 1.807) is 44.4 Å². The number of methoxy groups -OCH3 is 1. The van der Waals surface area contributed by atoms with Gasteiger partial charge < -0.3 is 20.7 Å². The minimum Gasteiger partial charge on any atom is -0.497 e. The van der Waals surface area contributed by atoms with Crippen molar-refractivity contribution in [3.8, 4) is 5.75 Å². The van der Waals surface area contributed by atoms with E-state index in [1.165, 1.54) is 12.1 Å². The zero-order valence-electron chi connectivity index (χ0n) is 17.3. The van der Waals surface area contributed by atoms with Crippen molar-refractivity contribution in [2.75, 3.05) is 23.1 Å². The number of amides is 2. The number of H-pyrrole nitrogens is 1. The highest BCUT2D eigenvalue weighted by atomic mass is 19.1. The highest BCUT2D eigenvalue weighted by Gasteiger charge is 2.35. The Bertz CT molecular complexity index is 1260. The molecule has 1 atom stereocenters. The molecule has 4 rings (SSSR count). The zero-order valence-corrected chi connectivity index (χ0v) is 17.3. The number of rotatable bonds is 5. The number of aromatic nitrogens is 2. The monoisotopic (exact) mass is 437 g/mol. The first-order valence-corrected chi connectivity index (χ1v) is 9.76. The van der Waals surface area contributed by atoms with E-state index in [-0.39, 0.29) is 29.4 Å². The molecule has 4 N–H and O–H groups in total. The lowest BCUT2D eigenvalue weighted by Crippen LogP contribution is -2.36. The fraction of sp³-hybridized carbons (Fsp3) is 0.182. The molecule has 0 saturated carbocycles. The number of benzene rings is 2. The summed E-state index contributed by atoms with van der Waals surface area (Å²) in [6.45, 7) is 1.72. The summed E-state index contributed by atoms with van der Waals surface area (Å²) in [7, 11) is 1.55. The van der Waals surface area contributed by atoms with Gasteiger partial charge in [0.25, 0.3) is 5.56 Å². The highest BCUT2D eigenvalue weighted by molar-refractivity contribution is 6.04. The number of carbonyl (C=O) groups is 2. The summed E-state index contributed by atoms with van der Waals surface area (Å²) < 4.78 is 19.3. The van der Waals surface area contributed by atoms with Gasteiger partial charge >= 0.3 is 0 Å². The molecule has 1 aliphatic rings. The van der Waals surface area contributed by atoms with E-state index in [2.05, 4.69) is 25.9 Å². The average molecular weight is 437 g/mol. The molecule has 10 heteroatoms. The number of fused-ring (bicyclic) bond motifs is 1. The van der Waals surface area contributed by atoms with E-state index < -0.39 is 29.1 Å². The van der Waals surface area contributed by atoms with Crippen LogP contribution in [0.3, 0.4) is 0 Å². The molecule has 0 fully saturated rings. The molecule has 2 amide bonds. The third kappa shape index (κ3) is 4.29. The molecule has 9 nitrogen and oxygen atoms in total. The third-order valence-corrected chi connectivity index (χ3v) is 5.00. The Kier molecular flexibility index (Phi) is 5.59. The molecule has 2 heterocycles. The molecule has 164 valence electrons. The summed E-state index contributed by atoms with van der Waals surface area (Å²) in [5, 5.41) is 7.92. The molecule has 0 radical (unpaired) electrons. The van der Waals surface area contributed by atoms with Crippen LogP contribution in [0, 0.1) is 12.7 Å². The first kappa shape index (κ1) is 21.0. The summed E-state index contributed by atoms with van der Waals surface area (Å²) in [6.07, 6.45) is -0.262. The van der Waals surface area contributed by atoms with E-state index in [1.807, 2.05) is 0 Å². The molecule has 3 aromatic rings. The van der Waals surface area contributed by atoms with Gasteiger partial charge in [0.15, 0.2) is 0 Å². The Morgan fingerprint density at radius 2 is 1.94 bits per heavy atom. The molecule has 0 spiro atoms. The Hall–Kier alpha value is -4.21. The first-order chi connectivity index (χ1) is 15.3. The number of halogens is 1. The average Bonchev–Trinajstić information content (AvgIpc) is 2.75. The van der Waals surface area contributed by atoms with Gasteiger partial charge in [-0.25, -0.2) is 4.39 Å². The van der Waals surface area contributed by atoms with Crippen LogP contribution < -0.4 is 26.2 Å². The fourth-order valence-electron chi connectivity index (χ4n) is 3.41. The summed E-state index contributed by atoms with van der Waals surface area (Å²) >= 11 is 0. The highest BCUT2D eigenvalue weighted by Crippen LogP contribution is 2.30. The van der Waals surface area contributed by atoms with E-state index >= 15 is 0 Å². The van der Waals surface area contributed by atoms with Gasteiger partial charge in [-0.05, 0) is 48.9 Å². The Labute approximate surface area is 182 Å². The lowest BCUT2D eigenvalue weighted by atomic mass is 9.92. The molecular weight excluding hydrogens is 417 g/mol. The minimum absolute atomic E-state index is 0.00917. The second-order valence-electron chi connectivity index (χ2n) is 7.31. The van der Waals surface area contributed by atoms with Crippen LogP contribution in [0.25, 0.3) is 0 Å². The van der Waals surface area contributed by atoms with Crippen molar-refractivity contribution < 1.29 is 18.7 Å². The quantitative estimate of drug-likeness (QED) is 0.486. The first-order valence-electron chi connectivity index (χ1n) is 9.76. The molecule has 0 bridgehead atoms. The van der Waals surface area contributed by atoms with Crippen LogP contribution in [0.1, 0.15) is 23.5 Å². The smallest absolute Gasteiger partial charge is 0.258 e. The molecule has 2 aromatic carbocycles. The van der Waals surface area contributed by atoms with E-state index in [9.17, 15) is 18.8 Å². The van der Waals surface area contributed by atoms with Gasteiger partial charge in [0.1, 0.15) is 17.4 Å². The predicted octanol–water partition coefficient (Wildman–Crippen LogP) is 3.03.